The molecule has 0 fully saturated rings. The molecule has 1 aromatic heterocycles. The lowest BCUT2D eigenvalue weighted by atomic mass is 9.97. The van der Waals surface area contributed by atoms with E-state index in [1.54, 1.807) is 73.7 Å². The first-order valence-electron chi connectivity index (χ1n) is 11.2. The van der Waals surface area contributed by atoms with Gasteiger partial charge >= 0.3 is 0 Å². The van der Waals surface area contributed by atoms with Crippen LogP contribution in [0.2, 0.25) is 0 Å². The van der Waals surface area contributed by atoms with Crippen molar-refractivity contribution < 1.29 is 19.5 Å². The molecular formula is C28H21N3O4S. The number of fused-ring (bicyclic) bond motifs is 1. The van der Waals surface area contributed by atoms with Crippen molar-refractivity contribution in [2.24, 2.45) is 4.99 Å². The number of amides is 2. The maximum absolute atomic E-state index is 13.1. The number of rotatable bonds is 6. The topological polar surface area (TPSA) is 108 Å². The zero-order valence-corrected chi connectivity index (χ0v) is 20.0. The fourth-order valence-electron chi connectivity index (χ4n) is 3.89. The minimum absolute atomic E-state index is 0.141. The lowest BCUT2D eigenvalue weighted by Crippen LogP contribution is -2.12. The van der Waals surface area contributed by atoms with Crippen LogP contribution >= 0.6 is 11.3 Å². The monoisotopic (exact) mass is 495 g/mol. The summed E-state index contributed by atoms with van der Waals surface area (Å²) in [5.74, 6) is -1.09. The highest BCUT2D eigenvalue weighted by Crippen LogP contribution is 2.33. The van der Waals surface area contributed by atoms with E-state index >= 15 is 0 Å². The zero-order valence-electron chi connectivity index (χ0n) is 19.2. The van der Waals surface area contributed by atoms with Crippen molar-refractivity contribution in [3.8, 4) is 5.75 Å². The number of phenolic OH excluding ortho intramolecular Hbond substituents is 1. The first-order valence-corrected chi connectivity index (χ1v) is 12.1. The molecule has 1 atom stereocenters. The van der Waals surface area contributed by atoms with Gasteiger partial charge in [-0.2, -0.15) is 0 Å². The number of nitrogens with zero attached hydrogens (tertiary/aromatic N) is 1. The quantitative estimate of drug-likeness (QED) is 0.236. The average Bonchev–Trinajstić information content (AvgIpc) is 3.52. The second-order valence-electron chi connectivity index (χ2n) is 8.36. The van der Waals surface area contributed by atoms with Crippen molar-refractivity contribution in [2.45, 2.75) is 12.8 Å². The van der Waals surface area contributed by atoms with Gasteiger partial charge in [-0.1, -0.05) is 24.3 Å². The highest BCUT2D eigenvalue weighted by atomic mass is 32.1. The second-order valence-corrected chi connectivity index (χ2v) is 9.30. The third-order valence-electron chi connectivity index (χ3n) is 5.91. The van der Waals surface area contributed by atoms with Gasteiger partial charge in [-0.05, 0) is 65.9 Å². The van der Waals surface area contributed by atoms with E-state index in [4.69, 9.17) is 0 Å². The summed E-state index contributed by atoms with van der Waals surface area (Å²) in [7, 11) is 0. The number of ketones is 1. The number of aliphatic imine (C=N–C) groups is 1. The summed E-state index contributed by atoms with van der Waals surface area (Å²) in [6.07, 6.45) is 1.54. The Bertz CT molecular complexity index is 1510. The number of carbonyl (C=O) groups excluding carboxylic acids is 3. The van der Waals surface area contributed by atoms with Gasteiger partial charge in [-0.3, -0.25) is 19.4 Å². The molecule has 8 heteroatoms. The van der Waals surface area contributed by atoms with Crippen molar-refractivity contribution in [3.05, 3.63) is 105 Å². The first-order chi connectivity index (χ1) is 17.4. The van der Waals surface area contributed by atoms with Gasteiger partial charge in [0, 0.05) is 34.8 Å². The molecule has 7 nitrogen and oxygen atoms in total. The summed E-state index contributed by atoms with van der Waals surface area (Å²) in [6, 6.07) is 20.4. The minimum Gasteiger partial charge on any atom is -0.508 e. The summed E-state index contributed by atoms with van der Waals surface area (Å²) in [5, 5.41) is 17.3. The van der Waals surface area contributed by atoms with Gasteiger partial charge in [0.15, 0.2) is 5.78 Å². The summed E-state index contributed by atoms with van der Waals surface area (Å²) in [4.78, 5) is 42.8. The number of thiophene rings is 1. The molecule has 3 N–H and O–H groups in total. The van der Waals surface area contributed by atoms with Crippen molar-refractivity contribution in [1.82, 2.24) is 0 Å². The molecule has 0 aliphatic carbocycles. The second kappa shape index (κ2) is 9.59. The number of anilines is 2. The van der Waals surface area contributed by atoms with E-state index in [9.17, 15) is 19.5 Å². The molecule has 0 saturated carbocycles. The largest absolute Gasteiger partial charge is 0.508 e. The van der Waals surface area contributed by atoms with Crippen LogP contribution in [-0.4, -0.2) is 28.9 Å². The molecule has 0 bridgehead atoms. The van der Waals surface area contributed by atoms with Crippen LogP contribution in [0.1, 0.15) is 42.6 Å². The fraction of sp³-hybridized carbons (Fsp3) is 0.0714. The Labute approximate surface area is 211 Å². The third-order valence-corrected chi connectivity index (χ3v) is 6.77. The van der Waals surface area contributed by atoms with Gasteiger partial charge in [0.2, 0.25) is 5.91 Å². The molecule has 36 heavy (non-hydrogen) atoms. The molecule has 1 aliphatic heterocycles. The number of hydrogen-bond donors (Lipinski definition) is 3. The van der Waals surface area contributed by atoms with Crippen LogP contribution in [0.15, 0.2) is 83.2 Å². The number of phenols is 1. The van der Waals surface area contributed by atoms with Crippen LogP contribution in [0.3, 0.4) is 0 Å². The van der Waals surface area contributed by atoms with Gasteiger partial charge in [0.05, 0.1) is 10.6 Å². The smallest absolute Gasteiger partial charge is 0.265 e. The number of nitrogens with one attached hydrogen (secondary N) is 2. The van der Waals surface area contributed by atoms with E-state index in [2.05, 4.69) is 15.6 Å². The maximum Gasteiger partial charge on any atom is 0.265 e. The first kappa shape index (κ1) is 23.2. The average molecular weight is 496 g/mol. The molecule has 0 spiro atoms. The van der Waals surface area contributed by atoms with Crippen molar-refractivity contribution >= 4 is 52.2 Å². The van der Waals surface area contributed by atoms with Gasteiger partial charge in [-0.15, -0.1) is 11.3 Å². The molecule has 1 aliphatic rings. The predicted octanol–water partition coefficient (Wildman–Crippen LogP) is 5.68. The van der Waals surface area contributed by atoms with Crippen molar-refractivity contribution in [1.29, 1.82) is 0 Å². The number of carbonyl (C=O) groups is 3. The van der Waals surface area contributed by atoms with E-state index in [1.807, 2.05) is 11.4 Å². The minimum atomic E-state index is -0.598. The van der Waals surface area contributed by atoms with Gasteiger partial charge < -0.3 is 15.7 Å². The van der Waals surface area contributed by atoms with Crippen LogP contribution in [0.5, 0.6) is 5.75 Å². The van der Waals surface area contributed by atoms with E-state index in [-0.39, 0.29) is 23.3 Å². The van der Waals surface area contributed by atoms with Crippen LogP contribution in [0.25, 0.3) is 0 Å². The van der Waals surface area contributed by atoms with E-state index < -0.39 is 5.92 Å². The predicted molar refractivity (Wildman–Crippen MR) is 141 cm³/mol. The molecule has 1 unspecified atom stereocenters. The molecule has 2 amide bonds. The van der Waals surface area contributed by atoms with Gasteiger partial charge in [0.1, 0.15) is 11.7 Å². The molecular weight excluding hydrogens is 474 g/mol. The standard InChI is InChI=1S/C28H21N3O4S/c1-16-4-8-20(14-24(16)32)29-15-22-21-11-7-18(13-23(21)31-27(22)34)26(33)17-5-9-19(10-6-17)30-28(35)25-3-2-12-36-25/h2-15,22,32H,1H3,(H,30,35)(H,31,34). The maximum atomic E-state index is 13.1. The van der Waals surface area contributed by atoms with Crippen LogP contribution in [0.4, 0.5) is 17.1 Å². The Kier molecular flexibility index (Phi) is 6.18. The van der Waals surface area contributed by atoms with E-state index in [1.165, 1.54) is 17.6 Å². The van der Waals surface area contributed by atoms with Crippen LogP contribution in [-0.2, 0) is 4.79 Å². The molecule has 0 radical (unpaired) electrons. The van der Waals surface area contributed by atoms with Crippen LogP contribution < -0.4 is 10.6 Å². The molecule has 2 heterocycles. The van der Waals surface area contributed by atoms with Crippen molar-refractivity contribution in [2.75, 3.05) is 10.6 Å². The lowest BCUT2D eigenvalue weighted by Gasteiger charge is -2.07. The SMILES string of the molecule is Cc1ccc(N=CC2C(=O)Nc3cc(C(=O)c4ccc(NC(=O)c5cccs5)cc4)ccc32)cc1O. The normalized spacial score (nSPS) is 14.5. The number of benzene rings is 3. The fourth-order valence-corrected chi connectivity index (χ4v) is 4.51. The number of aromatic hydroxyl groups is 1. The Hall–Kier alpha value is -4.56. The number of hydrogen-bond acceptors (Lipinski definition) is 6. The highest BCUT2D eigenvalue weighted by Gasteiger charge is 2.30. The highest BCUT2D eigenvalue weighted by molar-refractivity contribution is 7.12. The Morgan fingerprint density at radius 2 is 1.81 bits per heavy atom. The van der Waals surface area contributed by atoms with Crippen LogP contribution in [0, 0.1) is 6.92 Å². The molecule has 178 valence electrons. The van der Waals surface area contributed by atoms with E-state index in [0.717, 1.165) is 11.1 Å². The Morgan fingerprint density at radius 1 is 1.03 bits per heavy atom. The Balaban J connectivity index is 1.31. The zero-order chi connectivity index (χ0) is 25.2. The molecule has 5 rings (SSSR count). The Morgan fingerprint density at radius 3 is 2.53 bits per heavy atom. The van der Waals surface area contributed by atoms with Crippen molar-refractivity contribution in [3.63, 3.8) is 0 Å². The lowest BCUT2D eigenvalue weighted by molar-refractivity contribution is -0.115. The molecule has 0 saturated heterocycles. The summed E-state index contributed by atoms with van der Waals surface area (Å²) < 4.78 is 0. The summed E-state index contributed by atoms with van der Waals surface area (Å²) in [5.41, 5.74) is 4.07. The molecule has 4 aromatic rings. The number of aryl methyl sites for hydroxylation is 1. The summed E-state index contributed by atoms with van der Waals surface area (Å²) >= 11 is 1.35. The third kappa shape index (κ3) is 4.67. The van der Waals surface area contributed by atoms with E-state index in [0.29, 0.717) is 33.1 Å². The molecule has 3 aromatic carbocycles. The van der Waals surface area contributed by atoms with Gasteiger partial charge in [0.25, 0.3) is 5.91 Å². The van der Waals surface area contributed by atoms with Gasteiger partial charge in [-0.25, -0.2) is 0 Å². The summed E-state index contributed by atoms with van der Waals surface area (Å²) in [6.45, 7) is 1.79.